The summed E-state index contributed by atoms with van der Waals surface area (Å²) in [7, 11) is 1.78. The van der Waals surface area contributed by atoms with Crippen LogP contribution in [0.4, 0.5) is 5.69 Å². The van der Waals surface area contributed by atoms with Gasteiger partial charge in [0.2, 0.25) is 0 Å². The lowest BCUT2D eigenvalue weighted by Crippen LogP contribution is -2.31. The highest BCUT2D eigenvalue weighted by molar-refractivity contribution is 5.77. The highest BCUT2D eigenvalue weighted by atomic mass is 16.5. The average Bonchev–Trinajstić information content (AvgIpc) is 2.48. The molecule has 0 aliphatic rings. The third-order valence-corrected chi connectivity index (χ3v) is 3.34. The minimum Gasteiger partial charge on any atom is -0.484 e. The number of hydrogen-bond acceptors (Lipinski definition) is 3. The summed E-state index contributed by atoms with van der Waals surface area (Å²) in [6, 6.07) is 15.0. The van der Waals surface area contributed by atoms with Crippen LogP contribution in [0.3, 0.4) is 0 Å². The zero-order chi connectivity index (χ0) is 15.2. The highest BCUT2D eigenvalue weighted by Crippen LogP contribution is 2.13. The number of nitrogens with zero attached hydrogens (tertiary/aromatic N) is 1. The van der Waals surface area contributed by atoms with Gasteiger partial charge in [0.1, 0.15) is 5.75 Å². The lowest BCUT2D eigenvalue weighted by atomic mass is 10.1. The van der Waals surface area contributed by atoms with Crippen molar-refractivity contribution in [3.63, 3.8) is 0 Å². The number of carbonyl (C=O) groups excluding carboxylic acids is 1. The maximum absolute atomic E-state index is 12.1. The van der Waals surface area contributed by atoms with Gasteiger partial charge in [0.15, 0.2) is 6.61 Å². The number of ether oxygens (including phenoxy) is 1. The van der Waals surface area contributed by atoms with E-state index < -0.39 is 0 Å². The van der Waals surface area contributed by atoms with E-state index in [2.05, 4.69) is 0 Å². The Morgan fingerprint density at radius 1 is 1.14 bits per heavy atom. The van der Waals surface area contributed by atoms with Crippen molar-refractivity contribution in [2.24, 2.45) is 0 Å². The number of amides is 1. The molecular weight excluding hydrogens is 264 g/mol. The fourth-order valence-electron chi connectivity index (χ4n) is 1.95. The van der Waals surface area contributed by atoms with Crippen LogP contribution in [0.1, 0.15) is 11.1 Å². The van der Waals surface area contributed by atoms with E-state index in [0.29, 0.717) is 18.0 Å². The predicted molar refractivity (Wildman–Crippen MR) is 84.0 cm³/mol. The number of rotatable bonds is 5. The van der Waals surface area contributed by atoms with E-state index in [4.69, 9.17) is 10.5 Å². The first-order valence-corrected chi connectivity index (χ1v) is 6.83. The number of likely N-dealkylation sites (N-methyl/N-ethyl adjacent to an activating group) is 1. The molecule has 0 spiro atoms. The van der Waals surface area contributed by atoms with E-state index in [1.165, 1.54) is 5.56 Å². The molecule has 4 heteroatoms. The Morgan fingerprint density at radius 3 is 2.48 bits per heavy atom. The lowest BCUT2D eigenvalue weighted by molar-refractivity contribution is -0.132. The maximum Gasteiger partial charge on any atom is 0.260 e. The molecule has 0 bridgehead atoms. The summed E-state index contributed by atoms with van der Waals surface area (Å²) >= 11 is 0. The Kier molecular flexibility index (Phi) is 4.82. The second-order valence-corrected chi connectivity index (χ2v) is 5.03. The fraction of sp³-hybridized carbons (Fsp3) is 0.235. The second-order valence-electron chi connectivity index (χ2n) is 5.03. The fourth-order valence-corrected chi connectivity index (χ4v) is 1.95. The van der Waals surface area contributed by atoms with E-state index >= 15 is 0 Å². The summed E-state index contributed by atoms with van der Waals surface area (Å²) in [6.45, 7) is 2.64. The van der Waals surface area contributed by atoms with Crippen LogP contribution in [0.2, 0.25) is 0 Å². The number of aryl methyl sites for hydroxylation is 1. The van der Waals surface area contributed by atoms with Crippen molar-refractivity contribution in [3.8, 4) is 5.75 Å². The third kappa shape index (κ3) is 4.24. The first-order chi connectivity index (χ1) is 10.1. The van der Waals surface area contributed by atoms with E-state index in [0.717, 1.165) is 5.56 Å². The van der Waals surface area contributed by atoms with Crippen molar-refractivity contribution in [3.05, 3.63) is 59.7 Å². The smallest absolute Gasteiger partial charge is 0.260 e. The number of benzene rings is 2. The molecule has 0 unspecified atom stereocenters. The maximum atomic E-state index is 12.1. The van der Waals surface area contributed by atoms with Crippen LogP contribution in [-0.4, -0.2) is 24.5 Å². The van der Waals surface area contributed by atoms with Crippen molar-refractivity contribution < 1.29 is 9.53 Å². The summed E-state index contributed by atoms with van der Waals surface area (Å²) in [6.07, 6.45) is 0. The number of nitrogen functional groups attached to an aromatic ring is 1. The lowest BCUT2D eigenvalue weighted by Gasteiger charge is -2.18. The van der Waals surface area contributed by atoms with Crippen LogP contribution in [-0.2, 0) is 11.3 Å². The average molecular weight is 284 g/mol. The Bertz CT molecular complexity index is 608. The van der Waals surface area contributed by atoms with Crippen LogP contribution >= 0.6 is 0 Å². The van der Waals surface area contributed by atoms with Crippen molar-refractivity contribution in [2.45, 2.75) is 13.5 Å². The molecular formula is C17H20N2O2. The first-order valence-electron chi connectivity index (χ1n) is 6.83. The van der Waals surface area contributed by atoms with Crippen molar-refractivity contribution in [2.75, 3.05) is 19.4 Å². The summed E-state index contributed by atoms with van der Waals surface area (Å²) < 4.78 is 5.47. The van der Waals surface area contributed by atoms with Gasteiger partial charge < -0.3 is 15.4 Å². The molecule has 0 atom stereocenters. The van der Waals surface area contributed by atoms with Crippen molar-refractivity contribution in [1.82, 2.24) is 4.90 Å². The Balaban J connectivity index is 1.88. The molecule has 1 amide bonds. The van der Waals surface area contributed by atoms with E-state index in [-0.39, 0.29) is 12.5 Å². The zero-order valence-corrected chi connectivity index (χ0v) is 12.4. The molecule has 0 heterocycles. The summed E-state index contributed by atoms with van der Waals surface area (Å²) in [5, 5.41) is 0. The van der Waals surface area contributed by atoms with Crippen molar-refractivity contribution in [1.29, 1.82) is 0 Å². The molecule has 2 aromatic carbocycles. The topological polar surface area (TPSA) is 55.6 Å². The van der Waals surface area contributed by atoms with Gasteiger partial charge in [0, 0.05) is 19.3 Å². The Labute approximate surface area is 125 Å². The molecule has 0 aliphatic carbocycles. The molecule has 2 N–H and O–H groups in total. The van der Waals surface area contributed by atoms with Gasteiger partial charge in [-0.3, -0.25) is 4.79 Å². The number of nitrogens with two attached hydrogens (primary N) is 1. The van der Waals surface area contributed by atoms with Crippen molar-refractivity contribution >= 4 is 11.6 Å². The second kappa shape index (κ2) is 6.79. The summed E-state index contributed by atoms with van der Waals surface area (Å²) in [5.41, 5.74) is 8.59. The van der Waals surface area contributed by atoms with Crippen LogP contribution < -0.4 is 10.5 Å². The van der Waals surface area contributed by atoms with Gasteiger partial charge in [-0.05, 0) is 42.3 Å². The van der Waals surface area contributed by atoms with Gasteiger partial charge >= 0.3 is 0 Å². The molecule has 2 aromatic rings. The SMILES string of the molecule is Cc1ccccc1CN(C)C(=O)COc1ccc(N)cc1. The molecule has 0 radical (unpaired) electrons. The molecule has 0 aliphatic heterocycles. The van der Waals surface area contributed by atoms with Crippen LogP contribution in [0, 0.1) is 6.92 Å². The minimum atomic E-state index is -0.0601. The molecule has 0 saturated carbocycles. The van der Waals surface area contributed by atoms with Crippen LogP contribution in [0.15, 0.2) is 48.5 Å². The monoisotopic (exact) mass is 284 g/mol. The van der Waals surface area contributed by atoms with E-state index in [1.807, 2.05) is 31.2 Å². The number of carbonyl (C=O) groups is 1. The predicted octanol–water partition coefficient (Wildman–Crippen LogP) is 2.61. The van der Waals surface area contributed by atoms with Crippen LogP contribution in [0.25, 0.3) is 0 Å². The van der Waals surface area contributed by atoms with E-state index in [1.54, 1.807) is 36.2 Å². The number of hydrogen-bond donors (Lipinski definition) is 1. The van der Waals surface area contributed by atoms with E-state index in [9.17, 15) is 4.79 Å². The Hall–Kier alpha value is -2.49. The summed E-state index contributed by atoms with van der Waals surface area (Å²) in [4.78, 5) is 13.7. The standard InChI is InChI=1S/C17H20N2O2/c1-13-5-3-4-6-14(13)11-19(2)17(20)12-21-16-9-7-15(18)8-10-16/h3-10H,11-12,18H2,1-2H3. The molecule has 110 valence electrons. The van der Waals surface area contributed by atoms with Gasteiger partial charge in [-0.25, -0.2) is 0 Å². The molecule has 2 rings (SSSR count). The summed E-state index contributed by atoms with van der Waals surface area (Å²) in [5.74, 6) is 0.580. The minimum absolute atomic E-state index is 0.0201. The highest BCUT2D eigenvalue weighted by Gasteiger charge is 2.11. The molecule has 0 aromatic heterocycles. The van der Waals surface area contributed by atoms with Gasteiger partial charge in [-0.15, -0.1) is 0 Å². The van der Waals surface area contributed by atoms with Crippen LogP contribution in [0.5, 0.6) is 5.75 Å². The normalized spacial score (nSPS) is 10.2. The third-order valence-electron chi connectivity index (χ3n) is 3.34. The van der Waals surface area contributed by atoms with Gasteiger partial charge in [-0.1, -0.05) is 24.3 Å². The molecule has 21 heavy (non-hydrogen) atoms. The number of anilines is 1. The van der Waals surface area contributed by atoms with Gasteiger partial charge in [0.05, 0.1) is 0 Å². The quantitative estimate of drug-likeness (QED) is 0.859. The zero-order valence-electron chi connectivity index (χ0n) is 12.4. The molecule has 4 nitrogen and oxygen atoms in total. The molecule has 0 fully saturated rings. The first kappa shape index (κ1) is 14.9. The van der Waals surface area contributed by atoms with Gasteiger partial charge in [-0.2, -0.15) is 0 Å². The Morgan fingerprint density at radius 2 is 1.81 bits per heavy atom. The molecule has 0 saturated heterocycles. The van der Waals surface area contributed by atoms with Gasteiger partial charge in [0.25, 0.3) is 5.91 Å². The largest absolute Gasteiger partial charge is 0.484 e.